The number of anilines is 1. The molecule has 4 rings (SSSR count). The maximum Gasteiger partial charge on any atom is 0.256 e. The number of rotatable bonds is 6. The van der Waals surface area contributed by atoms with Gasteiger partial charge in [0.25, 0.3) is 5.91 Å². The van der Waals surface area contributed by atoms with Crippen molar-refractivity contribution in [2.75, 3.05) is 18.4 Å². The average molecular weight is 427 g/mol. The lowest BCUT2D eigenvalue weighted by molar-refractivity contribution is -0.119. The van der Waals surface area contributed by atoms with Crippen molar-refractivity contribution in [2.24, 2.45) is 5.92 Å². The van der Waals surface area contributed by atoms with Gasteiger partial charge in [-0.2, -0.15) is 0 Å². The van der Waals surface area contributed by atoms with Gasteiger partial charge in [0.05, 0.1) is 17.3 Å². The molecule has 2 aliphatic heterocycles. The molecule has 2 N–H and O–H groups in total. The Hall–Kier alpha value is -3.29. The van der Waals surface area contributed by atoms with Gasteiger partial charge in [-0.25, -0.2) is 8.78 Å². The number of amides is 3. The molecule has 162 valence electrons. The van der Waals surface area contributed by atoms with Gasteiger partial charge in [-0.05, 0) is 24.5 Å². The lowest BCUT2D eigenvalue weighted by Crippen LogP contribution is -2.36. The van der Waals surface area contributed by atoms with Crippen LogP contribution in [0, 0.1) is 17.6 Å². The van der Waals surface area contributed by atoms with E-state index in [-0.39, 0.29) is 42.1 Å². The van der Waals surface area contributed by atoms with Crippen LogP contribution >= 0.6 is 0 Å². The molecule has 2 fully saturated rings. The van der Waals surface area contributed by atoms with Crippen molar-refractivity contribution in [1.82, 2.24) is 10.2 Å². The fourth-order valence-electron chi connectivity index (χ4n) is 4.20. The summed E-state index contributed by atoms with van der Waals surface area (Å²) in [7, 11) is 0. The molecule has 0 radical (unpaired) electrons. The minimum atomic E-state index is -0.981. The Morgan fingerprint density at radius 2 is 1.87 bits per heavy atom. The van der Waals surface area contributed by atoms with Crippen molar-refractivity contribution >= 4 is 23.4 Å². The second-order valence-corrected chi connectivity index (χ2v) is 8.05. The summed E-state index contributed by atoms with van der Waals surface area (Å²) in [6.07, 6.45) is 1.79. The smallest absolute Gasteiger partial charge is 0.256 e. The molecular formula is C23H23F2N3O3. The third-order valence-corrected chi connectivity index (χ3v) is 5.80. The highest BCUT2D eigenvalue weighted by Crippen LogP contribution is 2.28. The van der Waals surface area contributed by atoms with Crippen molar-refractivity contribution in [3.05, 3.63) is 65.2 Å². The Morgan fingerprint density at radius 3 is 2.61 bits per heavy atom. The Balaban J connectivity index is 1.39. The molecule has 0 unspecified atom stereocenters. The fraction of sp³-hybridized carbons (Fsp3) is 0.348. The summed E-state index contributed by atoms with van der Waals surface area (Å²) >= 11 is 0. The first-order chi connectivity index (χ1) is 14.9. The van der Waals surface area contributed by atoms with Crippen LogP contribution in [-0.4, -0.2) is 41.8 Å². The zero-order valence-corrected chi connectivity index (χ0v) is 16.9. The van der Waals surface area contributed by atoms with Gasteiger partial charge in [0.1, 0.15) is 11.6 Å². The molecule has 2 saturated heterocycles. The maximum absolute atomic E-state index is 14.3. The van der Waals surface area contributed by atoms with Crippen LogP contribution in [0.1, 0.15) is 35.2 Å². The number of carbonyl (C=O) groups excluding carboxylic acids is 3. The number of halogens is 2. The second kappa shape index (κ2) is 8.83. The van der Waals surface area contributed by atoms with Crippen LogP contribution in [-0.2, 0) is 16.0 Å². The van der Waals surface area contributed by atoms with E-state index in [9.17, 15) is 23.2 Å². The number of likely N-dealkylation sites (tertiary alicyclic amines) is 1. The molecule has 31 heavy (non-hydrogen) atoms. The molecule has 2 aliphatic rings. The van der Waals surface area contributed by atoms with E-state index < -0.39 is 23.4 Å². The van der Waals surface area contributed by atoms with Crippen LogP contribution < -0.4 is 10.6 Å². The quantitative estimate of drug-likeness (QED) is 0.744. The normalized spacial score (nSPS) is 19.8. The van der Waals surface area contributed by atoms with Crippen LogP contribution in [0.25, 0.3) is 0 Å². The number of nitrogens with one attached hydrogen (secondary N) is 2. The Kier molecular flexibility index (Phi) is 5.97. The first-order valence-corrected chi connectivity index (χ1v) is 10.3. The minimum Gasteiger partial charge on any atom is -0.351 e. The predicted molar refractivity (Wildman–Crippen MR) is 110 cm³/mol. The molecule has 0 bridgehead atoms. The average Bonchev–Trinajstić information content (AvgIpc) is 3.28. The molecule has 0 aliphatic carbocycles. The molecule has 0 spiro atoms. The number of carbonyl (C=O) groups is 3. The molecule has 3 amide bonds. The highest BCUT2D eigenvalue weighted by molar-refractivity contribution is 5.98. The van der Waals surface area contributed by atoms with Crippen LogP contribution in [0.2, 0.25) is 0 Å². The standard InChI is InChI=1S/C23H23F2N3O3/c24-17-11-18(25)19(26-21(29)8-4-7-14-5-2-1-3-6-14)10-16(17)23(31)28-12-15-9-22(30)27-20(15)13-28/h1-3,5-6,10-11,15,20H,4,7-9,12-13H2,(H,26,29)(H,27,30)/t15-,20+/m0/s1. The molecular weight excluding hydrogens is 404 g/mol. The highest BCUT2D eigenvalue weighted by atomic mass is 19.1. The summed E-state index contributed by atoms with van der Waals surface area (Å²) in [6.45, 7) is 0.619. The van der Waals surface area contributed by atoms with Crippen molar-refractivity contribution in [3.63, 3.8) is 0 Å². The minimum absolute atomic E-state index is 0.00347. The Morgan fingerprint density at radius 1 is 1.10 bits per heavy atom. The summed E-state index contributed by atoms with van der Waals surface area (Å²) in [5.74, 6) is -2.95. The Bertz CT molecular complexity index is 997. The number of aryl methyl sites for hydroxylation is 1. The van der Waals surface area contributed by atoms with Crippen molar-refractivity contribution in [1.29, 1.82) is 0 Å². The molecule has 2 aromatic rings. The first kappa shape index (κ1) is 21.0. The summed E-state index contributed by atoms with van der Waals surface area (Å²) < 4.78 is 28.6. The third kappa shape index (κ3) is 4.73. The third-order valence-electron chi connectivity index (χ3n) is 5.80. The number of hydrogen-bond acceptors (Lipinski definition) is 3. The van der Waals surface area contributed by atoms with E-state index in [1.807, 2.05) is 30.3 Å². The number of nitrogens with zero attached hydrogens (tertiary/aromatic N) is 1. The van der Waals surface area contributed by atoms with Gasteiger partial charge in [-0.3, -0.25) is 14.4 Å². The monoisotopic (exact) mass is 427 g/mol. The van der Waals surface area contributed by atoms with E-state index in [1.54, 1.807) is 0 Å². The molecule has 2 heterocycles. The van der Waals surface area contributed by atoms with Crippen molar-refractivity contribution in [2.45, 2.75) is 31.7 Å². The first-order valence-electron chi connectivity index (χ1n) is 10.3. The SMILES string of the molecule is O=C(CCCc1ccccc1)Nc1cc(C(=O)N2C[C@@H]3CC(=O)N[C@@H]3C2)c(F)cc1F. The number of hydrogen-bond donors (Lipinski definition) is 2. The molecule has 0 saturated carbocycles. The van der Waals surface area contributed by atoms with Gasteiger partial charge in [0.15, 0.2) is 0 Å². The summed E-state index contributed by atoms with van der Waals surface area (Å²) in [5, 5.41) is 5.25. The molecule has 8 heteroatoms. The van der Waals surface area contributed by atoms with Gasteiger partial charge in [0, 0.05) is 37.9 Å². The Labute approximate surface area is 178 Å². The van der Waals surface area contributed by atoms with Crippen LogP contribution in [0.5, 0.6) is 0 Å². The molecule has 6 nitrogen and oxygen atoms in total. The largest absolute Gasteiger partial charge is 0.351 e. The van der Waals surface area contributed by atoms with E-state index in [2.05, 4.69) is 10.6 Å². The van der Waals surface area contributed by atoms with Gasteiger partial charge in [-0.15, -0.1) is 0 Å². The summed E-state index contributed by atoms with van der Waals surface area (Å²) in [6, 6.07) is 11.2. The van der Waals surface area contributed by atoms with Gasteiger partial charge < -0.3 is 15.5 Å². The topological polar surface area (TPSA) is 78.5 Å². The van der Waals surface area contributed by atoms with Crippen LogP contribution in [0.15, 0.2) is 42.5 Å². The highest BCUT2D eigenvalue weighted by Gasteiger charge is 2.42. The van der Waals surface area contributed by atoms with E-state index in [0.29, 0.717) is 31.9 Å². The molecule has 2 atom stereocenters. The second-order valence-electron chi connectivity index (χ2n) is 8.05. The fourth-order valence-corrected chi connectivity index (χ4v) is 4.20. The lowest BCUT2D eigenvalue weighted by Gasteiger charge is -2.18. The van der Waals surface area contributed by atoms with E-state index in [1.165, 1.54) is 4.90 Å². The van der Waals surface area contributed by atoms with Crippen LogP contribution in [0.3, 0.4) is 0 Å². The predicted octanol–water partition coefficient (Wildman–Crippen LogP) is 2.89. The lowest BCUT2D eigenvalue weighted by atomic mass is 10.1. The summed E-state index contributed by atoms with van der Waals surface area (Å²) in [4.78, 5) is 37.9. The van der Waals surface area contributed by atoms with Gasteiger partial charge >= 0.3 is 0 Å². The van der Waals surface area contributed by atoms with E-state index in [0.717, 1.165) is 11.6 Å². The number of fused-ring (bicyclic) bond motifs is 1. The van der Waals surface area contributed by atoms with Crippen molar-refractivity contribution in [3.8, 4) is 0 Å². The zero-order chi connectivity index (χ0) is 22.0. The van der Waals surface area contributed by atoms with Crippen LogP contribution in [0.4, 0.5) is 14.5 Å². The molecule has 0 aromatic heterocycles. The van der Waals surface area contributed by atoms with Gasteiger partial charge in [-0.1, -0.05) is 30.3 Å². The van der Waals surface area contributed by atoms with E-state index in [4.69, 9.17) is 0 Å². The van der Waals surface area contributed by atoms with Crippen molar-refractivity contribution < 1.29 is 23.2 Å². The van der Waals surface area contributed by atoms with Gasteiger partial charge in [0.2, 0.25) is 11.8 Å². The summed E-state index contributed by atoms with van der Waals surface area (Å²) in [5.41, 5.74) is 0.581. The van der Waals surface area contributed by atoms with E-state index >= 15 is 0 Å². The zero-order valence-electron chi connectivity index (χ0n) is 16.9. The maximum atomic E-state index is 14.3. The molecule has 2 aromatic carbocycles. The number of benzene rings is 2.